The Hall–Kier alpha value is -2.80. The Balaban J connectivity index is 1.27. The van der Waals surface area contributed by atoms with Crippen molar-refractivity contribution in [1.82, 2.24) is 14.8 Å². The zero-order valence-electron chi connectivity index (χ0n) is 20.7. The SMILES string of the molecule is Cc1ccc(C(=O)N2CCCC3CCCCC32)c(C2CCN(Cc3ccc([N+](=O)[O-])cc3)CC2)n1. The molecule has 3 aliphatic rings. The highest BCUT2D eigenvalue weighted by molar-refractivity contribution is 5.95. The molecule has 1 saturated carbocycles. The summed E-state index contributed by atoms with van der Waals surface area (Å²) >= 11 is 0. The summed E-state index contributed by atoms with van der Waals surface area (Å²) in [7, 11) is 0. The first-order valence-electron chi connectivity index (χ1n) is 13.2. The summed E-state index contributed by atoms with van der Waals surface area (Å²) in [5.41, 5.74) is 3.99. The van der Waals surface area contributed by atoms with Gasteiger partial charge in [0, 0.05) is 42.9 Å². The maximum absolute atomic E-state index is 13.8. The molecule has 0 N–H and O–H groups in total. The highest BCUT2D eigenvalue weighted by Crippen LogP contribution is 2.37. The van der Waals surface area contributed by atoms with Gasteiger partial charge in [-0.1, -0.05) is 25.0 Å². The number of aryl methyl sites for hydroxylation is 1. The fourth-order valence-corrected chi connectivity index (χ4v) is 6.45. The van der Waals surface area contributed by atoms with Crippen LogP contribution < -0.4 is 0 Å². The van der Waals surface area contributed by atoms with Crippen LogP contribution in [0.25, 0.3) is 0 Å². The molecule has 5 rings (SSSR count). The van der Waals surface area contributed by atoms with Crippen LogP contribution >= 0.6 is 0 Å². The molecule has 1 amide bonds. The van der Waals surface area contributed by atoms with Crippen molar-refractivity contribution in [2.24, 2.45) is 5.92 Å². The van der Waals surface area contributed by atoms with Crippen LogP contribution in [0.3, 0.4) is 0 Å². The Morgan fingerprint density at radius 3 is 2.43 bits per heavy atom. The van der Waals surface area contributed by atoms with E-state index < -0.39 is 0 Å². The van der Waals surface area contributed by atoms with E-state index in [-0.39, 0.29) is 22.4 Å². The molecule has 7 nitrogen and oxygen atoms in total. The minimum Gasteiger partial charge on any atom is -0.335 e. The number of aromatic nitrogens is 1. The van der Waals surface area contributed by atoms with Crippen molar-refractivity contribution in [1.29, 1.82) is 0 Å². The highest BCUT2D eigenvalue weighted by atomic mass is 16.6. The molecule has 186 valence electrons. The summed E-state index contributed by atoms with van der Waals surface area (Å²) < 4.78 is 0. The van der Waals surface area contributed by atoms with Crippen LogP contribution in [0.4, 0.5) is 5.69 Å². The van der Waals surface area contributed by atoms with E-state index in [9.17, 15) is 14.9 Å². The number of non-ortho nitro benzene ring substituents is 1. The van der Waals surface area contributed by atoms with E-state index >= 15 is 0 Å². The van der Waals surface area contributed by atoms with E-state index in [4.69, 9.17) is 4.98 Å². The van der Waals surface area contributed by atoms with Gasteiger partial charge in [0.1, 0.15) is 0 Å². The van der Waals surface area contributed by atoms with Gasteiger partial charge in [0.05, 0.1) is 16.2 Å². The molecular formula is C28H36N4O3. The Morgan fingerprint density at radius 2 is 1.69 bits per heavy atom. The largest absolute Gasteiger partial charge is 0.335 e. The minimum atomic E-state index is -0.360. The van der Waals surface area contributed by atoms with Crippen LogP contribution in [0.5, 0.6) is 0 Å². The molecule has 2 unspecified atom stereocenters. The lowest BCUT2D eigenvalue weighted by Crippen LogP contribution is -2.50. The summed E-state index contributed by atoms with van der Waals surface area (Å²) in [6, 6.07) is 11.3. The van der Waals surface area contributed by atoms with Crippen molar-refractivity contribution >= 4 is 11.6 Å². The van der Waals surface area contributed by atoms with Crippen LogP contribution in [0.2, 0.25) is 0 Å². The van der Waals surface area contributed by atoms with Gasteiger partial charge in [0.2, 0.25) is 0 Å². The fraction of sp³-hybridized carbons (Fsp3) is 0.571. The monoisotopic (exact) mass is 476 g/mol. The molecule has 1 aromatic carbocycles. The van der Waals surface area contributed by atoms with Crippen LogP contribution in [-0.2, 0) is 6.54 Å². The van der Waals surface area contributed by atoms with Gasteiger partial charge in [-0.15, -0.1) is 0 Å². The van der Waals surface area contributed by atoms with Gasteiger partial charge in [-0.2, -0.15) is 0 Å². The lowest BCUT2D eigenvalue weighted by Gasteiger charge is -2.44. The minimum absolute atomic E-state index is 0.128. The van der Waals surface area contributed by atoms with Gasteiger partial charge in [0.25, 0.3) is 11.6 Å². The predicted octanol–water partition coefficient (Wildman–Crippen LogP) is 5.47. The summed E-state index contributed by atoms with van der Waals surface area (Å²) in [5.74, 6) is 1.15. The number of nitrogens with zero attached hydrogens (tertiary/aromatic N) is 4. The molecule has 0 bridgehead atoms. The summed E-state index contributed by atoms with van der Waals surface area (Å²) in [6.07, 6.45) is 9.26. The maximum Gasteiger partial charge on any atom is 0.269 e. The van der Waals surface area contributed by atoms with E-state index in [1.807, 2.05) is 31.2 Å². The average molecular weight is 477 g/mol. The third-order valence-electron chi connectivity index (χ3n) is 8.33. The molecule has 2 saturated heterocycles. The molecule has 2 aromatic rings. The second-order valence-corrected chi connectivity index (χ2v) is 10.6. The summed E-state index contributed by atoms with van der Waals surface area (Å²) in [6.45, 7) is 5.54. The number of pyridine rings is 1. The lowest BCUT2D eigenvalue weighted by molar-refractivity contribution is -0.384. The molecule has 1 aliphatic carbocycles. The molecule has 35 heavy (non-hydrogen) atoms. The molecule has 0 spiro atoms. The number of piperidine rings is 2. The number of nitro benzene ring substituents is 1. The van der Waals surface area contributed by atoms with Crippen molar-refractivity contribution in [3.05, 3.63) is 69.0 Å². The first-order chi connectivity index (χ1) is 17.0. The Kier molecular flexibility index (Phi) is 7.14. The number of carbonyl (C=O) groups is 1. The first-order valence-corrected chi connectivity index (χ1v) is 13.2. The average Bonchev–Trinajstić information content (AvgIpc) is 2.89. The Bertz CT molecular complexity index is 1060. The van der Waals surface area contributed by atoms with E-state index in [0.29, 0.717) is 12.0 Å². The van der Waals surface area contributed by atoms with E-state index in [2.05, 4.69) is 9.80 Å². The molecule has 2 aliphatic heterocycles. The van der Waals surface area contributed by atoms with Crippen LogP contribution in [0.1, 0.15) is 84.6 Å². The number of hydrogen-bond donors (Lipinski definition) is 0. The maximum atomic E-state index is 13.8. The molecule has 3 heterocycles. The van der Waals surface area contributed by atoms with E-state index in [0.717, 1.165) is 74.4 Å². The first kappa shape index (κ1) is 23.9. The van der Waals surface area contributed by atoms with Gasteiger partial charge in [-0.3, -0.25) is 24.8 Å². The molecular weight excluding hydrogens is 440 g/mol. The van der Waals surface area contributed by atoms with E-state index in [1.165, 1.54) is 25.7 Å². The Labute approximate surface area is 207 Å². The summed E-state index contributed by atoms with van der Waals surface area (Å²) in [5, 5.41) is 10.9. The number of fused-ring (bicyclic) bond motifs is 1. The number of hydrogen-bond acceptors (Lipinski definition) is 5. The molecule has 2 atom stereocenters. The zero-order valence-corrected chi connectivity index (χ0v) is 20.7. The quantitative estimate of drug-likeness (QED) is 0.422. The van der Waals surface area contributed by atoms with Crippen molar-refractivity contribution < 1.29 is 9.72 Å². The van der Waals surface area contributed by atoms with Crippen LogP contribution in [-0.4, -0.2) is 51.3 Å². The third-order valence-corrected chi connectivity index (χ3v) is 8.33. The smallest absolute Gasteiger partial charge is 0.269 e. The standard InChI is InChI=1S/C28H36N4O3/c1-20-8-13-25(28(33)31-16-4-6-22-5-2-3-7-26(22)31)27(29-20)23-14-17-30(18-15-23)19-21-9-11-24(12-10-21)32(34)35/h8-13,22-23,26H,2-7,14-19H2,1H3. The van der Waals surface area contributed by atoms with Crippen molar-refractivity contribution in [3.8, 4) is 0 Å². The normalized spacial score (nSPS) is 23.6. The molecule has 3 fully saturated rings. The van der Waals surface area contributed by atoms with Crippen molar-refractivity contribution in [3.63, 3.8) is 0 Å². The zero-order chi connectivity index (χ0) is 24.4. The number of likely N-dealkylation sites (tertiary alicyclic amines) is 2. The van der Waals surface area contributed by atoms with Crippen LogP contribution in [0.15, 0.2) is 36.4 Å². The second kappa shape index (κ2) is 10.4. The number of benzene rings is 1. The number of amides is 1. The van der Waals surface area contributed by atoms with Gasteiger partial charge >= 0.3 is 0 Å². The fourth-order valence-electron chi connectivity index (χ4n) is 6.45. The van der Waals surface area contributed by atoms with Crippen molar-refractivity contribution in [2.75, 3.05) is 19.6 Å². The number of nitro groups is 1. The van der Waals surface area contributed by atoms with E-state index in [1.54, 1.807) is 12.1 Å². The van der Waals surface area contributed by atoms with Gasteiger partial charge in [0.15, 0.2) is 0 Å². The molecule has 7 heteroatoms. The van der Waals surface area contributed by atoms with Crippen molar-refractivity contribution in [2.45, 2.75) is 76.8 Å². The lowest BCUT2D eigenvalue weighted by atomic mass is 9.78. The van der Waals surface area contributed by atoms with Gasteiger partial charge in [-0.05, 0) is 82.2 Å². The van der Waals surface area contributed by atoms with Gasteiger partial charge < -0.3 is 4.90 Å². The number of rotatable bonds is 5. The third kappa shape index (κ3) is 5.25. The molecule has 0 radical (unpaired) electrons. The summed E-state index contributed by atoms with van der Waals surface area (Å²) in [4.78, 5) is 33.9. The Morgan fingerprint density at radius 1 is 0.971 bits per heavy atom. The van der Waals surface area contributed by atoms with Gasteiger partial charge in [-0.25, -0.2) is 0 Å². The highest BCUT2D eigenvalue weighted by Gasteiger charge is 2.37. The second-order valence-electron chi connectivity index (χ2n) is 10.6. The topological polar surface area (TPSA) is 79.6 Å². The molecule has 1 aromatic heterocycles. The predicted molar refractivity (Wildman–Crippen MR) is 135 cm³/mol. The van der Waals surface area contributed by atoms with Crippen LogP contribution in [0, 0.1) is 23.0 Å². The number of carbonyl (C=O) groups excluding carboxylic acids is 1.